The molecule has 47 valence electrons. The average Bonchev–Trinajstić information content (AvgIpc) is 1.66. The fourth-order valence-corrected chi connectivity index (χ4v) is 0.387. The van der Waals surface area contributed by atoms with Crippen LogP contribution in [0.4, 0.5) is 0 Å². The number of nitrogens with one attached hydrogen (secondary N) is 1. The van der Waals surface area contributed by atoms with E-state index in [2.05, 4.69) is 32.3 Å². The largest absolute Gasteiger partial charge is 0.309 e. The lowest BCUT2D eigenvalue weighted by Gasteiger charge is -2.01. The first-order valence-corrected chi connectivity index (χ1v) is 2.95. The van der Waals surface area contributed by atoms with Gasteiger partial charge in [0.15, 0.2) is 0 Å². The molecule has 0 atom stereocenters. The van der Waals surface area contributed by atoms with Gasteiger partial charge in [0.1, 0.15) is 0 Å². The van der Waals surface area contributed by atoms with Crippen molar-refractivity contribution in [2.75, 3.05) is 6.54 Å². The van der Waals surface area contributed by atoms with Gasteiger partial charge in [-0.2, -0.15) is 0 Å². The Balaban J connectivity index is 2.81. The second-order valence-corrected chi connectivity index (χ2v) is 2.11. The molecule has 0 aromatic rings. The van der Waals surface area contributed by atoms with Gasteiger partial charge in [0.2, 0.25) is 0 Å². The van der Waals surface area contributed by atoms with E-state index in [0.717, 1.165) is 6.54 Å². The summed E-state index contributed by atoms with van der Waals surface area (Å²) in [5, 5.41) is 3.09. The molecule has 8 heavy (non-hydrogen) atoms. The monoisotopic (exact) mass is 112 g/mol. The van der Waals surface area contributed by atoms with Crippen molar-refractivity contribution in [3.05, 3.63) is 19.2 Å². The lowest BCUT2D eigenvalue weighted by Crippen LogP contribution is -2.12. The lowest BCUT2D eigenvalue weighted by atomic mass is 10.2. The molecule has 0 amide bonds. The Morgan fingerprint density at radius 3 is 2.62 bits per heavy atom. The van der Waals surface area contributed by atoms with Gasteiger partial charge < -0.3 is 5.32 Å². The smallest absolute Gasteiger partial charge is 0.0249 e. The standard InChI is InChI=1S/C7H14N/c1-4-5-8-6-7(2)3/h4,6-8H,1,5H2,2-3H3. The second kappa shape index (κ2) is 4.85. The first-order valence-electron chi connectivity index (χ1n) is 2.95. The molecule has 1 radical (unpaired) electrons. The highest BCUT2D eigenvalue weighted by Crippen LogP contribution is 1.91. The van der Waals surface area contributed by atoms with Crippen LogP contribution < -0.4 is 5.32 Å². The maximum absolute atomic E-state index is 3.58. The third-order valence-electron chi connectivity index (χ3n) is 0.713. The summed E-state index contributed by atoms with van der Waals surface area (Å²) < 4.78 is 0. The van der Waals surface area contributed by atoms with Crippen LogP contribution in [0.2, 0.25) is 0 Å². The van der Waals surface area contributed by atoms with E-state index in [4.69, 9.17) is 0 Å². The van der Waals surface area contributed by atoms with Crippen LogP contribution in [0.5, 0.6) is 0 Å². The lowest BCUT2D eigenvalue weighted by molar-refractivity contribution is 0.670. The zero-order valence-electron chi connectivity index (χ0n) is 5.65. The van der Waals surface area contributed by atoms with Crippen LogP contribution in [0.3, 0.4) is 0 Å². The Kier molecular flexibility index (Phi) is 4.67. The van der Waals surface area contributed by atoms with Gasteiger partial charge in [-0.05, 0) is 5.92 Å². The highest BCUT2D eigenvalue weighted by atomic mass is 14.8. The molecule has 0 saturated carbocycles. The normalized spacial score (nSPS) is 9.88. The van der Waals surface area contributed by atoms with E-state index in [1.807, 2.05) is 6.08 Å². The number of hydrogen-bond donors (Lipinski definition) is 1. The molecular formula is C7H14N. The van der Waals surface area contributed by atoms with Gasteiger partial charge in [-0.15, -0.1) is 6.58 Å². The Morgan fingerprint density at radius 2 is 2.25 bits per heavy atom. The summed E-state index contributed by atoms with van der Waals surface area (Å²) in [5.41, 5.74) is 0. The fraction of sp³-hybridized carbons (Fsp3) is 0.571. The summed E-state index contributed by atoms with van der Waals surface area (Å²) in [4.78, 5) is 0. The third-order valence-corrected chi connectivity index (χ3v) is 0.713. The molecule has 0 aliphatic heterocycles. The summed E-state index contributed by atoms with van der Waals surface area (Å²) in [7, 11) is 0. The molecule has 1 nitrogen and oxygen atoms in total. The number of hydrogen-bond acceptors (Lipinski definition) is 1. The SMILES string of the molecule is C=CCN[CH]C(C)C. The molecule has 0 heterocycles. The van der Waals surface area contributed by atoms with Crippen molar-refractivity contribution < 1.29 is 0 Å². The molecule has 0 rings (SSSR count). The highest BCUT2D eigenvalue weighted by Gasteiger charge is 1.88. The minimum Gasteiger partial charge on any atom is -0.309 e. The molecule has 0 aromatic carbocycles. The zero-order valence-corrected chi connectivity index (χ0v) is 5.65. The van der Waals surface area contributed by atoms with Crippen LogP contribution in [0.15, 0.2) is 12.7 Å². The van der Waals surface area contributed by atoms with Crippen molar-refractivity contribution in [2.45, 2.75) is 13.8 Å². The Morgan fingerprint density at radius 1 is 1.62 bits per heavy atom. The minimum absolute atomic E-state index is 0.620. The Labute approximate surface area is 51.8 Å². The molecule has 0 spiro atoms. The van der Waals surface area contributed by atoms with Crippen molar-refractivity contribution in [1.29, 1.82) is 0 Å². The maximum Gasteiger partial charge on any atom is 0.0249 e. The van der Waals surface area contributed by atoms with Crippen LogP contribution in [-0.4, -0.2) is 6.54 Å². The molecule has 0 fully saturated rings. The van der Waals surface area contributed by atoms with E-state index in [9.17, 15) is 0 Å². The van der Waals surface area contributed by atoms with Crippen molar-refractivity contribution in [2.24, 2.45) is 5.92 Å². The van der Waals surface area contributed by atoms with Gasteiger partial charge in [0.25, 0.3) is 0 Å². The van der Waals surface area contributed by atoms with Crippen molar-refractivity contribution in [1.82, 2.24) is 5.32 Å². The maximum atomic E-state index is 3.58. The van der Waals surface area contributed by atoms with E-state index in [1.165, 1.54) is 0 Å². The molecule has 0 aliphatic carbocycles. The van der Waals surface area contributed by atoms with Crippen LogP contribution in [0.25, 0.3) is 0 Å². The van der Waals surface area contributed by atoms with Crippen molar-refractivity contribution in [3.63, 3.8) is 0 Å². The third kappa shape index (κ3) is 5.70. The summed E-state index contributed by atoms with van der Waals surface area (Å²) >= 11 is 0. The van der Waals surface area contributed by atoms with Gasteiger partial charge >= 0.3 is 0 Å². The summed E-state index contributed by atoms with van der Waals surface area (Å²) in [6, 6.07) is 0. The average molecular weight is 112 g/mol. The molecule has 1 N–H and O–H groups in total. The summed E-state index contributed by atoms with van der Waals surface area (Å²) in [6.07, 6.45) is 1.85. The van der Waals surface area contributed by atoms with Gasteiger partial charge in [-0.1, -0.05) is 19.9 Å². The molecule has 0 aromatic heterocycles. The van der Waals surface area contributed by atoms with Gasteiger partial charge in [-0.3, -0.25) is 0 Å². The highest BCUT2D eigenvalue weighted by molar-refractivity contribution is 4.74. The second-order valence-electron chi connectivity index (χ2n) is 2.11. The zero-order chi connectivity index (χ0) is 6.41. The first kappa shape index (κ1) is 7.70. The summed E-state index contributed by atoms with van der Waals surface area (Å²) in [5.74, 6) is 0.620. The molecular weight excluding hydrogens is 98.1 g/mol. The fourth-order valence-electron chi connectivity index (χ4n) is 0.387. The van der Waals surface area contributed by atoms with E-state index in [0.29, 0.717) is 5.92 Å². The van der Waals surface area contributed by atoms with Crippen LogP contribution >= 0.6 is 0 Å². The van der Waals surface area contributed by atoms with Crippen molar-refractivity contribution >= 4 is 0 Å². The van der Waals surface area contributed by atoms with Gasteiger partial charge in [-0.25, -0.2) is 0 Å². The van der Waals surface area contributed by atoms with Crippen molar-refractivity contribution in [3.8, 4) is 0 Å². The Hall–Kier alpha value is -0.300. The Bertz CT molecular complexity index is 57.4. The van der Waals surface area contributed by atoms with E-state index in [1.54, 1.807) is 0 Å². The predicted octanol–water partition coefficient (Wildman–Crippen LogP) is 1.58. The van der Waals surface area contributed by atoms with E-state index < -0.39 is 0 Å². The van der Waals surface area contributed by atoms with E-state index in [-0.39, 0.29) is 0 Å². The van der Waals surface area contributed by atoms with Crippen LogP contribution in [0, 0.1) is 12.5 Å². The molecule has 0 saturated heterocycles. The first-order chi connectivity index (χ1) is 3.77. The molecule has 0 bridgehead atoms. The predicted molar refractivity (Wildman–Crippen MR) is 37.3 cm³/mol. The van der Waals surface area contributed by atoms with Crippen LogP contribution in [0.1, 0.15) is 13.8 Å². The van der Waals surface area contributed by atoms with E-state index >= 15 is 0 Å². The van der Waals surface area contributed by atoms with Crippen LogP contribution in [-0.2, 0) is 0 Å². The quantitative estimate of drug-likeness (QED) is 0.430. The number of rotatable bonds is 4. The minimum atomic E-state index is 0.620. The molecule has 0 aliphatic rings. The molecule has 0 unspecified atom stereocenters. The van der Waals surface area contributed by atoms with Gasteiger partial charge in [0.05, 0.1) is 0 Å². The van der Waals surface area contributed by atoms with Gasteiger partial charge in [0, 0.05) is 13.1 Å². The summed E-state index contributed by atoms with van der Waals surface area (Å²) in [6.45, 7) is 10.8. The topological polar surface area (TPSA) is 12.0 Å². The molecule has 1 heteroatoms.